The van der Waals surface area contributed by atoms with Crippen molar-refractivity contribution in [3.05, 3.63) is 30.5 Å². The molecule has 1 aromatic carbocycles. The SMILES string of the molecule is CC1(Nc2c(N)cnc3ccccc23)CCOC1. The highest BCUT2D eigenvalue weighted by molar-refractivity contribution is 5.97. The van der Waals surface area contributed by atoms with Gasteiger partial charge in [0.25, 0.3) is 0 Å². The van der Waals surface area contributed by atoms with E-state index in [-0.39, 0.29) is 5.54 Å². The van der Waals surface area contributed by atoms with E-state index < -0.39 is 0 Å². The van der Waals surface area contributed by atoms with Gasteiger partial charge < -0.3 is 15.8 Å². The predicted octanol–water partition coefficient (Wildman–Crippen LogP) is 2.41. The Hall–Kier alpha value is -1.81. The zero-order valence-electron chi connectivity index (χ0n) is 10.4. The zero-order chi connectivity index (χ0) is 12.6. The molecule has 1 fully saturated rings. The topological polar surface area (TPSA) is 60.2 Å². The first kappa shape index (κ1) is 11.3. The van der Waals surface area contributed by atoms with E-state index in [1.165, 1.54) is 0 Å². The van der Waals surface area contributed by atoms with E-state index in [1.54, 1.807) is 6.20 Å². The van der Waals surface area contributed by atoms with Gasteiger partial charge in [0.15, 0.2) is 0 Å². The third-order valence-electron chi connectivity index (χ3n) is 3.45. The van der Waals surface area contributed by atoms with Gasteiger partial charge in [-0.2, -0.15) is 0 Å². The minimum atomic E-state index is -0.0434. The summed E-state index contributed by atoms with van der Waals surface area (Å²) in [5.41, 5.74) is 8.62. The van der Waals surface area contributed by atoms with Gasteiger partial charge in [-0.25, -0.2) is 0 Å². The Morgan fingerprint density at radius 3 is 3.00 bits per heavy atom. The second-order valence-electron chi connectivity index (χ2n) is 5.09. The monoisotopic (exact) mass is 243 g/mol. The summed E-state index contributed by atoms with van der Waals surface area (Å²) >= 11 is 0. The number of nitrogen functional groups attached to an aromatic ring is 1. The fourth-order valence-electron chi connectivity index (χ4n) is 2.36. The number of nitrogens with one attached hydrogen (secondary N) is 1. The second kappa shape index (κ2) is 4.14. The number of anilines is 2. The highest BCUT2D eigenvalue weighted by Crippen LogP contribution is 2.32. The number of hydrogen-bond donors (Lipinski definition) is 2. The van der Waals surface area contributed by atoms with Crippen LogP contribution in [0, 0.1) is 0 Å². The zero-order valence-corrected chi connectivity index (χ0v) is 10.4. The van der Waals surface area contributed by atoms with Crippen LogP contribution in [0.4, 0.5) is 11.4 Å². The van der Waals surface area contributed by atoms with Gasteiger partial charge in [-0.3, -0.25) is 4.98 Å². The molecule has 0 saturated carbocycles. The fraction of sp³-hybridized carbons (Fsp3) is 0.357. The molecular weight excluding hydrogens is 226 g/mol. The van der Waals surface area contributed by atoms with Crippen molar-refractivity contribution < 1.29 is 4.74 Å². The summed E-state index contributed by atoms with van der Waals surface area (Å²) in [7, 11) is 0. The van der Waals surface area contributed by atoms with Gasteiger partial charge >= 0.3 is 0 Å². The molecule has 94 valence electrons. The van der Waals surface area contributed by atoms with Crippen molar-refractivity contribution in [3.8, 4) is 0 Å². The van der Waals surface area contributed by atoms with Crippen LogP contribution >= 0.6 is 0 Å². The van der Waals surface area contributed by atoms with Crippen LogP contribution in [0.2, 0.25) is 0 Å². The molecule has 0 spiro atoms. The first-order valence-corrected chi connectivity index (χ1v) is 6.17. The molecule has 4 nitrogen and oxygen atoms in total. The minimum absolute atomic E-state index is 0.0434. The van der Waals surface area contributed by atoms with Crippen LogP contribution in [0.1, 0.15) is 13.3 Å². The molecule has 1 aliphatic heterocycles. The average Bonchev–Trinajstić information content (AvgIpc) is 2.80. The third-order valence-corrected chi connectivity index (χ3v) is 3.45. The summed E-state index contributed by atoms with van der Waals surface area (Å²) < 4.78 is 5.47. The smallest absolute Gasteiger partial charge is 0.0743 e. The molecule has 1 aromatic heterocycles. The first-order chi connectivity index (χ1) is 8.68. The number of para-hydroxylation sites is 1. The Bertz CT molecular complexity index is 576. The number of fused-ring (bicyclic) bond motifs is 1. The molecule has 0 radical (unpaired) electrons. The molecule has 18 heavy (non-hydrogen) atoms. The average molecular weight is 243 g/mol. The highest BCUT2D eigenvalue weighted by Gasteiger charge is 2.30. The van der Waals surface area contributed by atoms with Crippen LogP contribution in [0.25, 0.3) is 10.9 Å². The molecule has 3 N–H and O–H groups in total. The Kier molecular flexibility index (Phi) is 2.59. The Labute approximate surface area is 106 Å². The largest absolute Gasteiger partial charge is 0.396 e. The van der Waals surface area contributed by atoms with E-state index in [2.05, 4.69) is 17.2 Å². The lowest BCUT2D eigenvalue weighted by molar-refractivity contribution is 0.185. The fourth-order valence-corrected chi connectivity index (χ4v) is 2.36. The van der Waals surface area contributed by atoms with Gasteiger partial charge in [0, 0.05) is 12.0 Å². The van der Waals surface area contributed by atoms with Gasteiger partial charge in [0.05, 0.1) is 35.2 Å². The van der Waals surface area contributed by atoms with Gasteiger partial charge in [0.1, 0.15) is 0 Å². The first-order valence-electron chi connectivity index (χ1n) is 6.17. The van der Waals surface area contributed by atoms with Crippen molar-refractivity contribution in [2.75, 3.05) is 24.3 Å². The number of rotatable bonds is 2. The summed E-state index contributed by atoms with van der Waals surface area (Å²) in [6.45, 7) is 3.67. The molecule has 0 bridgehead atoms. The Balaban J connectivity index is 2.07. The summed E-state index contributed by atoms with van der Waals surface area (Å²) in [5, 5.41) is 4.60. The minimum Gasteiger partial charge on any atom is -0.396 e. The molecule has 2 heterocycles. The van der Waals surface area contributed by atoms with Crippen molar-refractivity contribution in [1.29, 1.82) is 0 Å². The van der Waals surface area contributed by atoms with Crippen LogP contribution in [0.5, 0.6) is 0 Å². The van der Waals surface area contributed by atoms with Crippen molar-refractivity contribution in [2.24, 2.45) is 0 Å². The van der Waals surface area contributed by atoms with E-state index in [0.717, 1.165) is 29.6 Å². The summed E-state index contributed by atoms with van der Waals surface area (Å²) in [5.74, 6) is 0. The van der Waals surface area contributed by atoms with Crippen molar-refractivity contribution in [1.82, 2.24) is 4.98 Å². The van der Waals surface area contributed by atoms with E-state index in [1.807, 2.05) is 24.3 Å². The molecule has 1 aliphatic rings. The number of hydrogen-bond acceptors (Lipinski definition) is 4. The normalized spacial score (nSPS) is 23.4. The van der Waals surface area contributed by atoms with E-state index in [0.29, 0.717) is 12.3 Å². The number of aromatic nitrogens is 1. The van der Waals surface area contributed by atoms with E-state index >= 15 is 0 Å². The Morgan fingerprint density at radius 2 is 2.22 bits per heavy atom. The van der Waals surface area contributed by atoms with Crippen LogP contribution in [-0.4, -0.2) is 23.7 Å². The lowest BCUT2D eigenvalue weighted by Crippen LogP contribution is -2.35. The maximum absolute atomic E-state index is 6.06. The third kappa shape index (κ3) is 1.88. The van der Waals surface area contributed by atoms with Crippen molar-refractivity contribution in [2.45, 2.75) is 18.9 Å². The molecule has 1 atom stereocenters. The van der Waals surface area contributed by atoms with Crippen molar-refractivity contribution in [3.63, 3.8) is 0 Å². The Morgan fingerprint density at radius 1 is 1.39 bits per heavy atom. The maximum atomic E-state index is 6.06. The van der Waals surface area contributed by atoms with Gasteiger partial charge in [0.2, 0.25) is 0 Å². The molecular formula is C14H17N3O. The quantitative estimate of drug-likeness (QED) is 0.850. The van der Waals surface area contributed by atoms with Gasteiger partial charge in [-0.1, -0.05) is 18.2 Å². The van der Waals surface area contributed by atoms with Crippen LogP contribution < -0.4 is 11.1 Å². The van der Waals surface area contributed by atoms with Crippen LogP contribution in [-0.2, 0) is 4.74 Å². The van der Waals surface area contributed by atoms with Crippen LogP contribution in [0.3, 0.4) is 0 Å². The number of nitrogens with two attached hydrogens (primary N) is 1. The number of pyridine rings is 1. The molecule has 0 aliphatic carbocycles. The lowest BCUT2D eigenvalue weighted by Gasteiger charge is -2.26. The standard InChI is InChI=1S/C14H17N3O/c1-14(6-7-18-9-14)17-13-10-4-2-3-5-12(10)16-8-11(13)15/h2-5,8H,6-7,9,15H2,1H3,(H,16,17). The summed E-state index contributed by atoms with van der Waals surface area (Å²) in [6, 6.07) is 8.02. The van der Waals surface area contributed by atoms with Gasteiger partial charge in [-0.15, -0.1) is 0 Å². The maximum Gasteiger partial charge on any atom is 0.0743 e. The molecule has 0 amide bonds. The van der Waals surface area contributed by atoms with Crippen molar-refractivity contribution >= 4 is 22.3 Å². The van der Waals surface area contributed by atoms with E-state index in [9.17, 15) is 0 Å². The molecule has 4 heteroatoms. The summed E-state index contributed by atoms with van der Waals surface area (Å²) in [4.78, 5) is 4.34. The number of nitrogens with zero attached hydrogens (tertiary/aromatic N) is 1. The molecule has 2 aromatic rings. The molecule has 1 unspecified atom stereocenters. The number of benzene rings is 1. The second-order valence-corrected chi connectivity index (χ2v) is 5.09. The van der Waals surface area contributed by atoms with Gasteiger partial charge in [-0.05, 0) is 19.4 Å². The molecule has 1 saturated heterocycles. The van der Waals surface area contributed by atoms with Crippen LogP contribution in [0.15, 0.2) is 30.5 Å². The van der Waals surface area contributed by atoms with E-state index in [4.69, 9.17) is 10.5 Å². The molecule has 3 rings (SSSR count). The predicted molar refractivity (Wildman–Crippen MR) is 73.6 cm³/mol. The highest BCUT2D eigenvalue weighted by atomic mass is 16.5. The number of ether oxygens (including phenoxy) is 1. The summed E-state index contributed by atoms with van der Waals surface area (Å²) in [6.07, 6.45) is 2.70. The lowest BCUT2D eigenvalue weighted by atomic mass is 10.0.